The number of fused-ring (bicyclic) bond motifs is 1. The molecule has 3 heterocycles. The minimum Gasteiger partial charge on any atom is -0.481 e. The summed E-state index contributed by atoms with van der Waals surface area (Å²) in [5.74, 6) is -2.27. The molecule has 0 bridgehead atoms. The van der Waals surface area contributed by atoms with E-state index in [1.54, 1.807) is 35.7 Å². The average Bonchev–Trinajstić information content (AvgIpc) is 3.54. The maximum atomic E-state index is 14.7. The van der Waals surface area contributed by atoms with Gasteiger partial charge in [-0.25, -0.2) is 21.6 Å². The van der Waals surface area contributed by atoms with E-state index >= 15 is 0 Å². The lowest BCUT2D eigenvalue weighted by atomic mass is 9.97. The van der Waals surface area contributed by atoms with E-state index in [-0.39, 0.29) is 45.3 Å². The number of thiophene rings is 1. The highest BCUT2D eigenvalue weighted by Crippen LogP contribution is 2.48. The molecule has 0 unspecified atom stereocenters. The third-order valence-electron chi connectivity index (χ3n) is 7.20. The number of carboxylic acid groups (broad SMARTS) is 1. The Balaban J connectivity index is 1.62. The average molecular weight is 624 g/mol. The van der Waals surface area contributed by atoms with Crippen molar-refractivity contribution in [2.75, 3.05) is 18.0 Å². The predicted molar refractivity (Wildman–Crippen MR) is 156 cm³/mol. The van der Waals surface area contributed by atoms with Gasteiger partial charge in [-0.15, -0.1) is 0 Å². The zero-order valence-electron chi connectivity index (χ0n) is 21.9. The first-order valence-electron chi connectivity index (χ1n) is 12.8. The molecule has 6 rings (SSSR count). The van der Waals surface area contributed by atoms with Crippen LogP contribution in [0.2, 0.25) is 0 Å². The van der Waals surface area contributed by atoms with E-state index in [2.05, 4.69) is 9.58 Å². The van der Waals surface area contributed by atoms with Crippen LogP contribution in [0.1, 0.15) is 0 Å². The Hall–Kier alpha value is -4.80. The van der Waals surface area contributed by atoms with Crippen molar-refractivity contribution in [2.24, 2.45) is 5.92 Å². The number of aliphatic carboxylic acids is 1. The molecule has 1 saturated heterocycles. The van der Waals surface area contributed by atoms with Gasteiger partial charge < -0.3 is 14.7 Å². The summed E-state index contributed by atoms with van der Waals surface area (Å²) in [6.45, 7) is 5.16. The molecule has 1 N–H and O–H groups in total. The number of carboxylic acids is 1. The second-order valence-corrected chi connectivity index (χ2v) is 12.4. The summed E-state index contributed by atoms with van der Waals surface area (Å²) < 4.78 is 74.3. The number of aromatic nitrogens is 1. The fraction of sp³-hybridized carbons (Fsp3) is 0.133. The number of ether oxygens (including phenoxy) is 1. The normalized spacial score (nSPS) is 13.7. The van der Waals surface area contributed by atoms with Crippen molar-refractivity contribution in [1.29, 1.82) is 0 Å². The zero-order valence-corrected chi connectivity index (χ0v) is 23.6. The van der Waals surface area contributed by atoms with E-state index in [1.807, 2.05) is 4.90 Å². The SMILES string of the molecule is [C-]#[N+]c1sccc1-c1c(-c2cccc(N3CC(C(=O)O)C3)c2)n(S(=O)(=O)c2ccc(OC(F)F)cc2)c2ccc(F)cc12. The van der Waals surface area contributed by atoms with Gasteiger partial charge in [0, 0.05) is 40.9 Å². The third kappa shape index (κ3) is 4.98. The third-order valence-corrected chi connectivity index (χ3v) is 9.74. The molecule has 0 amide bonds. The van der Waals surface area contributed by atoms with Crippen LogP contribution < -0.4 is 9.64 Å². The van der Waals surface area contributed by atoms with Gasteiger partial charge in [0.25, 0.3) is 10.0 Å². The molecular weight excluding hydrogens is 603 g/mol. The fourth-order valence-electron chi connectivity index (χ4n) is 5.19. The van der Waals surface area contributed by atoms with Gasteiger partial charge in [-0.1, -0.05) is 18.2 Å². The lowest BCUT2D eigenvalue weighted by Crippen LogP contribution is -2.50. The number of halogens is 3. The summed E-state index contributed by atoms with van der Waals surface area (Å²) in [6.07, 6.45) is 0. The largest absolute Gasteiger partial charge is 0.481 e. The van der Waals surface area contributed by atoms with Crippen LogP contribution in [0.4, 0.5) is 23.9 Å². The van der Waals surface area contributed by atoms with Gasteiger partial charge >= 0.3 is 12.6 Å². The summed E-state index contributed by atoms with van der Waals surface area (Å²) in [6, 6.07) is 16.8. The number of carbonyl (C=O) groups is 1. The molecule has 1 aliphatic heterocycles. The maximum Gasteiger partial charge on any atom is 0.387 e. The van der Waals surface area contributed by atoms with Crippen molar-refractivity contribution < 1.29 is 36.2 Å². The van der Waals surface area contributed by atoms with Crippen LogP contribution in [-0.2, 0) is 14.8 Å². The van der Waals surface area contributed by atoms with Gasteiger partial charge in [0.1, 0.15) is 11.6 Å². The van der Waals surface area contributed by atoms with Crippen LogP contribution in [0.15, 0.2) is 83.1 Å². The second-order valence-electron chi connectivity index (χ2n) is 9.75. The monoisotopic (exact) mass is 623 g/mol. The smallest absolute Gasteiger partial charge is 0.387 e. The van der Waals surface area contributed by atoms with Crippen molar-refractivity contribution >= 4 is 48.9 Å². The molecule has 2 aromatic heterocycles. The highest BCUT2D eigenvalue weighted by Gasteiger charge is 2.34. The van der Waals surface area contributed by atoms with Crippen LogP contribution in [-0.4, -0.2) is 43.2 Å². The molecule has 0 saturated carbocycles. The van der Waals surface area contributed by atoms with E-state index in [0.29, 0.717) is 22.4 Å². The molecule has 0 atom stereocenters. The van der Waals surface area contributed by atoms with Crippen molar-refractivity contribution in [3.63, 3.8) is 0 Å². The van der Waals surface area contributed by atoms with Gasteiger partial charge in [-0.3, -0.25) is 4.79 Å². The van der Waals surface area contributed by atoms with Crippen LogP contribution >= 0.6 is 11.3 Å². The number of hydrogen-bond acceptors (Lipinski definition) is 6. The van der Waals surface area contributed by atoms with Crippen LogP contribution in [0.3, 0.4) is 0 Å². The summed E-state index contributed by atoms with van der Waals surface area (Å²) in [5.41, 5.74) is 2.13. The van der Waals surface area contributed by atoms with E-state index in [9.17, 15) is 31.5 Å². The molecule has 5 aromatic rings. The standard InChI is InChI=1S/C30H20F3N3O5S2/c1-34-28-23(11-12-42-28)26-24-14-19(31)5-10-25(24)36(43(39,40)22-8-6-21(7-9-22)41-30(32)33)27(26)17-3-2-4-20(13-17)35-15-18(16-35)29(37)38/h2-14,18,30H,15-16H2,(H,37,38). The number of rotatable bonds is 8. The summed E-state index contributed by atoms with van der Waals surface area (Å²) in [7, 11) is -4.45. The molecule has 1 fully saturated rings. The minimum absolute atomic E-state index is 0.140. The van der Waals surface area contributed by atoms with Crippen molar-refractivity contribution in [3.05, 3.63) is 95.4 Å². The molecule has 0 aliphatic carbocycles. The van der Waals surface area contributed by atoms with Crippen molar-refractivity contribution in [3.8, 4) is 28.1 Å². The Kier molecular flexibility index (Phi) is 7.11. The zero-order chi connectivity index (χ0) is 30.5. The first kappa shape index (κ1) is 28.3. The highest BCUT2D eigenvalue weighted by atomic mass is 32.2. The molecule has 13 heteroatoms. The lowest BCUT2D eigenvalue weighted by Gasteiger charge is -2.38. The molecule has 3 aromatic carbocycles. The Morgan fingerprint density at radius 3 is 2.49 bits per heavy atom. The molecule has 0 spiro atoms. The predicted octanol–water partition coefficient (Wildman–Crippen LogP) is 7.09. The second kappa shape index (κ2) is 10.8. The highest BCUT2D eigenvalue weighted by molar-refractivity contribution is 7.90. The van der Waals surface area contributed by atoms with E-state index in [4.69, 9.17) is 6.57 Å². The van der Waals surface area contributed by atoms with Crippen molar-refractivity contribution in [2.45, 2.75) is 11.5 Å². The van der Waals surface area contributed by atoms with Gasteiger partial charge in [0.15, 0.2) is 0 Å². The Morgan fingerprint density at radius 2 is 1.81 bits per heavy atom. The van der Waals surface area contributed by atoms with Crippen molar-refractivity contribution in [1.82, 2.24) is 3.97 Å². The number of nitrogens with zero attached hydrogens (tertiary/aromatic N) is 3. The number of hydrogen-bond donors (Lipinski definition) is 1. The first-order chi connectivity index (χ1) is 20.6. The quantitative estimate of drug-likeness (QED) is 0.186. The molecular formula is C30H20F3N3O5S2. The van der Waals surface area contributed by atoms with Gasteiger partial charge in [0.05, 0.1) is 28.6 Å². The lowest BCUT2D eigenvalue weighted by molar-refractivity contribution is -0.142. The van der Waals surface area contributed by atoms with E-state index in [1.165, 1.54) is 12.1 Å². The summed E-state index contributed by atoms with van der Waals surface area (Å²) >= 11 is 1.16. The van der Waals surface area contributed by atoms with Crippen LogP contribution in [0, 0.1) is 18.3 Å². The van der Waals surface area contributed by atoms with Gasteiger partial charge in [-0.05, 0) is 60.0 Å². The van der Waals surface area contributed by atoms with Crippen LogP contribution in [0.25, 0.3) is 38.1 Å². The molecule has 218 valence electrons. The Labute approximate surface area is 247 Å². The molecule has 8 nitrogen and oxygen atoms in total. The van der Waals surface area contributed by atoms with E-state index < -0.39 is 34.3 Å². The minimum atomic E-state index is -4.45. The summed E-state index contributed by atoms with van der Waals surface area (Å²) in [4.78, 5) is 16.6. The Bertz CT molecular complexity index is 2030. The first-order valence-corrected chi connectivity index (χ1v) is 15.1. The Morgan fingerprint density at radius 1 is 1.07 bits per heavy atom. The number of benzene rings is 3. The van der Waals surface area contributed by atoms with E-state index in [0.717, 1.165) is 45.6 Å². The van der Waals surface area contributed by atoms with Gasteiger partial charge in [0.2, 0.25) is 5.00 Å². The van der Waals surface area contributed by atoms with Gasteiger partial charge in [-0.2, -0.15) is 20.1 Å². The van der Waals surface area contributed by atoms with Crippen LogP contribution in [0.5, 0.6) is 5.75 Å². The summed E-state index contributed by atoms with van der Waals surface area (Å²) in [5, 5.41) is 11.5. The number of anilines is 1. The molecule has 0 radical (unpaired) electrons. The topological polar surface area (TPSA) is 93.2 Å². The molecule has 1 aliphatic rings. The fourth-order valence-corrected chi connectivity index (χ4v) is 7.42. The molecule has 43 heavy (non-hydrogen) atoms. The number of alkyl halides is 2. The maximum absolute atomic E-state index is 14.7.